The van der Waals surface area contributed by atoms with Crippen LogP contribution in [0.3, 0.4) is 0 Å². The molecular formula is C14H19N5O4S. The summed E-state index contributed by atoms with van der Waals surface area (Å²) in [5, 5.41) is 0. The Morgan fingerprint density at radius 3 is 2.46 bits per heavy atom. The molecule has 3 rings (SSSR count). The van der Waals surface area contributed by atoms with E-state index in [9.17, 15) is 13.2 Å². The van der Waals surface area contributed by atoms with E-state index in [4.69, 9.17) is 15.9 Å². The van der Waals surface area contributed by atoms with Crippen molar-refractivity contribution in [3.63, 3.8) is 0 Å². The van der Waals surface area contributed by atoms with Gasteiger partial charge in [0.05, 0.1) is 12.2 Å². The molecule has 0 bridgehead atoms. The Kier molecular flexibility index (Phi) is 4.35. The average Bonchev–Trinajstić information content (AvgIpc) is 2.92. The predicted molar refractivity (Wildman–Crippen MR) is 88.6 cm³/mol. The third-order valence-corrected chi connectivity index (χ3v) is 5.91. The number of oxazole rings is 1. The van der Waals surface area contributed by atoms with Crippen LogP contribution in [0.15, 0.2) is 38.5 Å². The zero-order valence-corrected chi connectivity index (χ0v) is 13.8. The first-order valence-electron chi connectivity index (χ1n) is 7.41. The third kappa shape index (κ3) is 3.30. The molecule has 0 spiro atoms. The van der Waals surface area contributed by atoms with E-state index in [-0.39, 0.29) is 10.6 Å². The van der Waals surface area contributed by atoms with Crippen molar-refractivity contribution in [1.29, 1.82) is 0 Å². The Morgan fingerprint density at radius 2 is 1.88 bits per heavy atom. The molecule has 0 atom stereocenters. The molecule has 9 nitrogen and oxygen atoms in total. The van der Waals surface area contributed by atoms with Gasteiger partial charge in [-0.15, -0.1) is 0 Å². The molecule has 1 saturated heterocycles. The number of H-pyrrole nitrogens is 1. The van der Waals surface area contributed by atoms with E-state index in [1.54, 1.807) is 0 Å². The molecule has 1 aromatic carbocycles. The molecule has 0 saturated carbocycles. The first-order valence-corrected chi connectivity index (χ1v) is 8.85. The average molecular weight is 353 g/mol. The van der Waals surface area contributed by atoms with E-state index in [0.29, 0.717) is 44.2 Å². The van der Waals surface area contributed by atoms with Crippen molar-refractivity contribution >= 4 is 21.4 Å². The summed E-state index contributed by atoms with van der Waals surface area (Å²) < 4.78 is 31.8. The molecular weight excluding hydrogens is 334 g/mol. The van der Waals surface area contributed by atoms with E-state index < -0.39 is 15.8 Å². The van der Waals surface area contributed by atoms with Crippen LogP contribution in [0.4, 0.5) is 11.4 Å². The summed E-state index contributed by atoms with van der Waals surface area (Å²) in [5.74, 6) is 0.0316. The third-order valence-electron chi connectivity index (χ3n) is 3.94. The molecule has 1 aliphatic rings. The SMILES string of the molecule is Nc1ccc(S(=O)(=O)N2CCN(Cc3c[nH]c(=O)o3)CC2)c(N)c1. The number of nitrogen functional groups attached to an aromatic ring is 2. The Balaban J connectivity index is 1.68. The number of piperazine rings is 1. The standard InChI is InChI=1S/C14H19N5O4S/c15-10-1-2-13(12(16)7-10)24(21,22)19-5-3-18(4-6-19)9-11-8-17-14(20)23-11/h1-2,7-8H,3-6,9,15-16H2,(H,17,20). The van der Waals surface area contributed by atoms with Gasteiger partial charge in [-0.1, -0.05) is 0 Å². The fraction of sp³-hybridized carbons (Fsp3) is 0.357. The first kappa shape index (κ1) is 16.6. The first-order chi connectivity index (χ1) is 11.4. The van der Waals surface area contributed by atoms with Crippen molar-refractivity contribution in [3.05, 3.63) is 40.7 Å². The minimum Gasteiger partial charge on any atom is -0.412 e. The van der Waals surface area contributed by atoms with Gasteiger partial charge in [-0.3, -0.25) is 9.88 Å². The maximum absolute atomic E-state index is 12.7. The molecule has 10 heteroatoms. The summed E-state index contributed by atoms with van der Waals surface area (Å²) in [6, 6.07) is 4.39. The zero-order chi connectivity index (χ0) is 17.3. The quantitative estimate of drug-likeness (QED) is 0.638. The number of aromatic amines is 1. The Labute approximate surface area is 138 Å². The van der Waals surface area contributed by atoms with Gasteiger partial charge in [0, 0.05) is 38.1 Å². The lowest BCUT2D eigenvalue weighted by molar-refractivity contribution is 0.170. The maximum Gasteiger partial charge on any atom is 0.416 e. The van der Waals surface area contributed by atoms with Gasteiger partial charge in [-0.25, -0.2) is 13.2 Å². The van der Waals surface area contributed by atoms with E-state index in [1.807, 2.05) is 4.90 Å². The van der Waals surface area contributed by atoms with Crippen LogP contribution in [0.2, 0.25) is 0 Å². The number of nitrogens with one attached hydrogen (secondary N) is 1. The summed E-state index contributed by atoms with van der Waals surface area (Å²) >= 11 is 0. The molecule has 0 unspecified atom stereocenters. The number of sulfonamides is 1. The van der Waals surface area contributed by atoms with Crippen LogP contribution in [0.1, 0.15) is 5.76 Å². The van der Waals surface area contributed by atoms with Crippen molar-refractivity contribution in [1.82, 2.24) is 14.2 Å². The fourth-order valence-corrected chi connectivity index (χ4v) is 4.20. The van der Waals surface area contributed by atoms with Crippen molar-refractivity contribution in [2.24, 2.45) is 0 Å². The normalized spacial score (nSPS) is 17.2. The summed E-state index contributed by atoms with van der Waals surface area (Å²) in [6.07, 6.45) is 1.51. The van der Waals surface area contributed by atoms with Crippen LogP contribution in [0.25, 0.3) is 0 Å². The Hall–Kier alpha value is -2.30. The van der Waals surface area contributed by atoms with Crippen LogP contribution >= 0.6 is 0 Å². The Morgan fingerprint density at radius 1 is 1.17 bits per heavy atom. The molecule has 0 aliphatic carbocycles. The van der Waals surface area contributed by atoms with Crippen molar-refractivity contribution in [2.45, 2.75) is 11.4 Å². The van der Waals surface area contributed by atoms with Gasteiger partial charge in [0.1, 0.15) is 10.7 Å². The molecule has 2 aromatic rings. The zero-order valence-electron chi connectivity index (χ0n) is 12.9. The molecule has 5 N–H and O–H groups in total. The van der Waals surface area contributed by atoms with Gasteiger partial charge >= 0.3 is 5.76 Å². The van der Waals surface area contributed by atoms with Crippen molar-refractivity contribution in [3.8, 4) is 0 Å². The molecule has 2 heterocycles. The van der Waals surface area contributed by atoms with Crippen LogP contribution in [0, 0.1) is 0 Å². The van der Waals surface area contributed by atoms with Crippen LogP contribution < -0.4 is 17.2 Å². The molecule has 1 aromatic heterocycles. The lowest BCUT2D eigenvalue weighted by Crippen LogP contribution is -2.48. The van der Waals surface area contributed by atoms with Gasteiger partial charge < -0.3 is 15.9 Å². The van der Waals surface area contributed by atoms with E-state index in [0.717, 1.165) is 0 Å². The number of nitrogens with two attached hydrogens (primary N) is 2. The number of rotatable bonds is 4. The summed E-state index contributed by atoms with van der Waals surface area (Å²) in [7, 11) is -3.66. The highest BCUT2D eigenvalue weighted by Gasteiger charge is 2.30. The monoisotopic (exact) mass is 353 g/mol. The molecule has 0 radical (unpaired) electrons. The molecule has 1 fully saturated rings. The second-order valence-electron chi connectivity index (χ2n) is 5.62. The smallest absolute Gasteiger partial charge is 0.412 e. The van der Waals surface area contributed by atoms with Gasteiger partial charge in [-0.05, 0) is 18.2 Å². The van der Waals surface area contributed by atoms with E-state index >= 15 is 0 Å². The lowest BCUT2D eigenvalue weighted by atomic mass is 10.3. The largest absolute Gasteiger partial charge is 0.416 e. The van der Waals surface area contributed by atoms with E-state index in [2.05, 4.69) is 4.98 Å². The summed E-state index contributed by atoms with van der Waals surface area (Å²) in [5.41, 5.74) is 12.0. The van der Waals surface area contributed by atoms with Gasteiger partial charge in [0.15, 0.2) is 0 Å². The second-order valence-corrected chi connectivity index (χ2v) is 7.53. The predicted octanol–water partition coefficient (Wildman–Crippen LogP) is -0.361. The lowest BCUT2D eigenvalue weighted by Gasteiger charge is -2.33. The fourth-order valence-electron chi connectivity index (χ4n) is 2.68. The number of anilines is 2. The molecule has 24 heavy (non-hydrogen) atoms. The highest BCUT2D eigenvalue weighted by atomic mass is 32.2. The number of nitrogens with zero attached hydrogens (tertiary/aromatic N) is 2. The van der Waals surface area contributed by atoms with Gasteiger partial charge in [-0.2, -0.15) is 4.31 Å². The van der Waals surface area contributed by atoms with Crippen LogP contribution in [-0.2, 0) is 16.6 Å². The number of hydrogen-bond acceptors (Lipinski definition) is 7. The van der Waals surface area contributed by atoms with Crippen molar-refractivity contribution in [2.75, 3.05) is 37.6 Å². The second kappa shape index (κ2) is 6.30. The highest BCUT2D eigenvalue weighted by molar-refractivity contribution is 7.89. The summed E-state index contributed by atoms with van der Waals surface area (Å²) in [6.45, 7) is 2.18. The van der Waals surface area contributed by atoms with Crippen LogP contribution in [-0.4, -0.2) is 48.8 Å². The topological polar surface area (TPSA) is 139 Å². The molecule has 1 aliphatic heterocycles. The summed E-state index contributed by atoms with van der Waals surface area (Å²) in [4.78, 5) is 15.5. The van der Waals surface area contributed by atoms with Gasteiger partial charge in [0.2, 0.25) is 10.0 Å². The highest BCUT2D eigenvalue weighted by Crippen LogP contribution is 2.25. The van der Waals surface area contributed by atoms with Gasteiger partial charge in [0.25, 0.3) is 0 Å². The number of hydrogen-bond donors (Lipinski definition) is 3. The van der Waals surface area contributed by atoms with Crippen LogP contribution in [0.5, 0.6) is 0 Å². The van der Waals surface area contributed by atoms with E-state index in [1.165, 1.54) is 28.7 Å². The number of benzene rings is 1. The minimum absolute atomic E-state index is 0.0711. The van der Waals surface area contributed by atoms with Crippen molar-refractivity contribution < 1.29 is 12.8 Å². The molecule has 0 amide bonds. The Bertz CT molecular complexity index is 881. The minimum atomic E-state index is -3.66. The number of aromatic nitrogens is 1. The molecule has 130 valence electrons. The maximum atomic E-state index is 12.7.